The van der Waals surface area contributed by atoms with Crippen LogP contribution < -0.4 is 5.32 Å². The van der Waals surface area contributed by atoms with Crippen LogP contribution in [0.3, 0.4) is 0 Å². The molecule has 7 nitrogen and oxygen atoms in total. The number of carbonyl (C=O) groups excluding carboxylic acids is 2. The van der Waals surface area contributed by atoms with Crippen molar-refractivity contribution in [1.29, 1.82) is 0 Å². The van der Waals surface area contributed by atoms with Gasteiger partial charge in [-0.2, -0.15) is 0 Å². The summed E-state index contributed by atoms with van der Waals surface area (Å²) in [6, 6.07) is 12.5. The van der Waals surface area contributed by atoms with Gasteiger partial charge in [0.25, 0.3) is 0 Å². The number of amides is 2. The molecule has 0 fully saturated rings. The monoisotopic (exact) mass is 527 g/mol. The molecule has 0 aliphatic rings. The smallest absolute Gasteiger partial charge is 0.242 e. The standard InChI is InChI=1S/C24H31Cl2N3O4S/c1-4-14-27-24(31)18(2)29(17-19-12-13-21(25)22(26)16-19)23(30)11-8-15-28(3)34(32,33)20-9-6-5-7-10-20/h5-7,9-10,12-13,16,18H,4,8,11,14-15,17H2,1-3H3,(H,27,31). The van der Waals surface area contributed by atoms with Crippen molar-refractivity contribution in [2.75, 3.05) is 20.1 Å². The van der Waals surface area contributed by atoms with Gasteiger partial charge in [0.1, 0.15) is 6.04 Å². The second kappa shape index (κ2) is 13.1. The number of hydrogen-bond donors (Lipinski definition) is 1. The van der Waals surface area contributed by atoms with E-state index in [1.165, 1.54) is 28.4 Å². The van der Waals surface area contributed by atoms with Crippen LogP contribution in [0.5, 0.6) is 0 Å². The van der Waals surface area contributed by atoms with Crippen molar-refractivity contribution in [3.8, 4) is 0 Å². The summed E-state index contributed by atoms with van der Waals surface area (Å²) in [6.45, 7) is 4.48. The maximum Gasteiger partial charge on any atom is 0.242 e. The Bertz CT molecular complexity index is 1080. The average molecular weight is 529 g/mol. The molecule has 186 valence electrons. The van der Waals surface area contributed by atoms with Gasteiger partial charge >= 0.3 is 0 Å². The van der Waals surface area contributed by atoms with E-state index in [0.29, 0.717) is 23.0 Å². The van der Waals surface area contributed by atoms with Crippen molar-refractivity contribution >= 4 is 45.0 Å². The molecule has 1 unspecified atom stereocenters. The van der Waals surface area contributed by atoms with Crippen molar-refractivity contribution < 1.29 is 18.0 Å². The van der Waals surface area contributed by atoms with Crippen molar-refractivity contribution in [3.05, 3.63) is 64.1 Å². The van der Waals surface area contributed by atoms with Crippen LogP contribution in [0, 0.1) is 0 Å². The van der Waals surface area contributed by atoms with Crippen molar-refractivity contribution in [2.45, 2.75) is 50.6 Å². The van der Waals surface area contributed by atoms with E-state index in [0.717, 1.165) is 12.0 Å². The summed E-state index contributed by atoms with van der Waals surface area (Å²) < 4.78 is 26.6. The van der Waals surface area contributed by atoms with Crippen LogP contribution >= 0.6 is 23.2 Å². The van der Waals surface area contributed by atoms with E-state index >= 15 is 0 Å². The van der Waals surface area contributed by atoms with Gasteiger partial charge in [0.05, 0.1) is 14.9 Å². The summed E-state index contributed by atoms with van der Waals surface area (Å²) in [7, 11) is -2.15. The predicted octanol–water partition coefficient (Wildman–Crippen LogP) is 4.34. The number of halogens is 2. The number of nitrogens with one attached hydrogen (secondary N) is 1. The molecule has 0 heterocycles. The van der Waals surface area contributed by atoms with Gasteiger partial charge in [-0.3, -0.25) is 9.59 Å². The zero-order chi connectivity index (χ0) is 25.3. The minimum Gasteiger partial charge on any atom is -0.354 e. The first kappa shape index (κ1) is 28.1. The molecule has 1 atom stereocenters. The Kier molecular flexibility index (Phi) is 10.8. The molecule has 34 heavy (non-hydrogen) atoms. The van der Waals surface area contributed by atoms with E-state index in [4.69, 9.17) is 23.2 Å². The maximum absolute atomic E-state index is 13.1. The topological polar surface area (TPSA) is 86.8 Å². The highest BCUT2D eigenvalue weighted by molar-refractivity contribution is 7.89. The summed E-state index contributed by atoms with van der Waals surface area (Å²) >= 11 is 12.1. The number of rotatable bonds is 12. The Labute approximate surface area is 212 Å². The second-order valence-corrected chi connectivity index (χ2v) is 10.8. The summed E-state index contributed by atoms with van der Waals surface area (Å²) in [5, 5.41) is 3.58. The molecule has 2 aromatic rings. The summed E-state index contributed by atoms with van der Waals surface area (Å²) in [5.74, 6) is -0.505. The van der Waals surface area contributed by atoms with Gasteiger partial charge in [0.15, 0.2) is 0 Å². The fraction of sp³-hybridized carbons (Fsp3) is 0.417. The molecule has 0 bridgehead atoms. The van der Waals surface area contributed by atoms with E-state index in [1.807, 2.05) is 6.92 Å². The Morgan fingerprint density at radius 3 is 2.35 bits per heavy atom. The Hall–Kier alpha value is -2.13. The second-order valence-electron chi connectivity index (χ2n) is 7.98. The number of hydrogen-bond acceptors (Lipinski definition) is 4. The molecule has 0 aliphatic heterocycles. The number of sulfonamides is 1. The Morgan fingerprint density at radius 1 is 1.06 bits per heavy atom. The minimum atomic E-state index is -3.64. The molecule has 2 rings (SSSR count). The molecule has 0 saturated carbocycles. The van der Waals surface area contributed by atoms with Crippen LogP contribution in [0.4, 0.5) is 0 Å². The molecule has 0 radical (unpaired) electrons. The molecule has 0 aromatic heterocycles. The van der Waals surface area contributed by atoms with Gasteiger partial charge in [-0.15, -0.1) is 0 Å². The molecule has 0 spiro atoms. The van der Waals surface area contributed by atoms with Gasteiger partial charge in [-0.1, -0.05) is 54.4 Å². The average Bonchev–Trinajstić information content (AvgIpc) is 2.83. The summed E-state index contributed by atoms with van der Waals surface area (Å²) in [5.41, 5.74) is 0.738. The number of benzene rings is 2. The van der Waals surface area contributed by atoms with Gasteiger partial charge < -0.3 is 10.2 Å². The summed E-state index contributed by atoms with van der Waals surface area (Å²) in [6.07, 6.45) is 1.17. The van der Waals surface area contributed by atoms with E-state index in [2.05, 4.69) is 5.32 Å². The van der Waals surface area contributed by atoms with Gasteiger partial charge in [-0.05, 0) is 49.6 Å². The van der Waals surface area contributed by atoms with Crippen molar-refractivity contribution in [2.24, 2.45) is 0 Å². The first-order valence-corrected chi connectivity index (χ1v) is 13.3. The third-order valence-electron chi connectivity index (χ3n) is 5.37. The lowest BCUT2D eigenvalue weighted by molar-refractivity contribution is -0.140. The normalized spacial score (nSPS) is 12.4. The predicted molar refractivity (Wildman–Crippen MR) is 135 cm³/mol. The highest BCUT2D eigenvalue weighted by atomic mass is 35.5. The van der Waals surface area contributed by atoms with Crippen LogP contribution in [0.1, 0.15) is 38.7 Å². The molecule has 2 aromatic carbocycles. The third-order valence-corrected chi connectivity index (χ3v) is 7.98. The molecular weight excluding hydrogens is 497 g/mol. The van der Waals surface area contributed by atoms with Crippen LogP contribution in [-0.4, -0.2) is 55.6 Å². The molecular formula is C24H31Cl2N3O4S. The molecule has 0 aliphatic carbocycles. The maximum atomic E-state index is 13.1. The van der Waals surface area contributed by atoms with Crippen LogP contribution in [-0.2, 0) is 26.2 Å². The SMILES string of the molecule is CCCNC(=O)C(C)N(Cc1ccc(Cl)c(Cl)c1)C(=O)CCCN(C)S(=O)(=O)c1ccccc1. The minimum absolute atomic E-state index is 0.0847. The van der Waals surface area contributed by atoms with Gasteiger partial charge in [0.2, 0.25) is 21.8 Å². The number of nitrogens with zero attached hydrogens (tertiary/aromatic N) is 2. The molecule has 1 N–H and O–H groups in total. The lowest BCUT2D eigenvalue weighted by atomic mass is 10.1. The van der Waals surface area contributed by atoms with Crippen LogP contribution in [0.2, 0.25) is 10.0 Å². The van der Waals surface area contributed by atoms with Crippen molar-refractivity contribution in [3.63, 3.8) is 0 Å². The first-order valence-electron chi connectivity index (χ1n) is 11.1. The fourth-order valence-corrected chi connectivity index (χ4v) is 4.85. The van der Waals surface area contributed by atoms with E-state index in [-0.39, 0.29) is 36.2 Å². The van der Waals surface area contributed by atoms with Gasteiger partial charge in [0, 0.05) is 33.1 Å². The Balaban J connectivity index is 2.09. The largest absolute Gasteiger partial charge is 0.354 e. The first-order chi connectivity index (χ1) is 16.1. The lowest BCUT2D eigenvalue weighted by Gasteiger charge is -2.29. The zero-order valence-corrected chi connectivity index (χ0v) is 22.0. The van der Waals surface area contributed by atoms with Crippen LogP contribution in [0.15, 0.2) is 53.4 Å². The third kappa shape index (κ3) is 7.70. The molecule has 0 saturated heterocycles. The van der Waals surface area contributed by atoms with E-state index in [9.17, 15) is 18.0 Å². The quantitative estimate of drug-likeness (QED) is 0.444. The van der Waals surface area contributed by atoms with E-state index in [1.54, 1.807) is 43.3 Å². The lowest BCUT2D eigenvalue weighted by Crippen LogP contribution is -2.47. The highest BCUT2D eigenvalue weighted by Gasteiger charge is 2.26. The van der Waals surface area contributed by atoms with Crippen molar-refractivity contribution in [1.82, 2.24) is 14.5 Å². The molecule has 10 heteroatoms. The zero-order valence-electron chi connectivity index (χ0n) is 19.6. The fourth-order valence-electron chi connectivity index (χ4n) is 3.30. The van der Waals surface area contributed by atoms with Gasteiger partial charge in [-0.25, -0.2) is 12.7 Å². The molecule has 2 amide bonds. The summed E-state index contributed by atoms with van der Waals surface area (Å²) in [4.78, 5) is 27.4. The highest BCUT2D eigenvalue weighted by Crippen LogP contribution is 2.24. The van der Waals surface area contributed by atoms with Crippen LogP contribution in [0.25, 0.3) is 0 Å². The van der Waals surface area contributed by atoms with E-state index < -0.39 is 16.1 Å². The number of carbonyl (C=O) groups is 2. The Morgan fingerprint density at radius 2 is 1.74 bits per heavy atom.